The van der Waals surface area contributed by atoms with Crippen LogP contribution in [0.25, 0.3) is 10.4 Å². The lowest BCUT2D eigenvalue weighted by Crippen LogP contribution is -2.35. The minimum Gasteiger partial charge on any atom is -0.375 e. The molecule has 0 bridgehead atoms. The maximum absolute atomic E-state index is 13.1. The number of nitrogens with zero attached hydrogens (tertiary/aromatic N) is 2. The zero-order chi connectivity index (χ0) is 19.5. The van der Waals surface area contributed by atoms with Gasteiger partial charge in [-0.05, 0) is 62.9 Å². The first-order valence-electron chi connectivity index (χ1n) is 8.87. The quantitative estimate of drug-likeness (QED) is 0.793. The second-order valence-corrected chi connectivity index (χ2v) is 10.1. The molecule has 1 unspecified atom stereocenters. The molecule has 7 nitrogen and oxygen atoms in total. The Morgan fingerprint density at radius 1 is 1.37 bits per heavy atom. The summed E-state index contributed by atoms with van der Waals surface area (Å²) >= 11 is 1.32. The number of nitrogen functional groups attached to an aromatic ring is 1. The van der Waals surface area contributed by atoms with Gasteiger partial charge in [0.2, 0.25) is 10.0 Å². The molecule has 2 heterocycles. The van der Waals surface area contributed by atoms with Crippen molar-refractivity contribution in [1.82, 2.24) is 14.6 Å². The number of sulfonamides is 1. The second kappa shape index (κ2) is 6.29. The molecule has 27 heavy (non-hydrogen) atoms. The van der Waals surface area contributed by atoms with Crippen LogP contribution in [-0.2, 0) is 16.6 Å². The lowest BCUT2D eigenvalue weighted by Gasteiger charge is -2.24. The highest BCUT2D eigenvalue weighted by molar-refractivity contribution is 7.89. The number of carbonyl (C=O) groups excluding carboxylic acids is 1. The summed E-state index contributed by atoms with van der Waals surface area (Å²) in [6.07, 6.45) is 2.24. The van der Waals surface area contributed by atoms with E-state index in [1.165, 1.54) is 18.4 Å². The summed E-state index contributed by atoms with van der Waals surface area (Å²) in [5.74, 6) is 0.306. The number of amides is 1. The van der Waals surface area contributed by atoms with Crippen molar-refractivity contribution in [2.75, 3.05) is 12.8 Å². The highest BCUT2D eigenvalue weighted by Crippen LogP contribution is 2.41. The van der Waals surface area contributed by atoms with Crippen molar-refractivity contribution in [2.24, 2.45) is 5.92 Å². The second-order valence-electron chi connectivity index (χ2n) is 7.19. The molecule has 1 aromatic carbocycles. The van der Waals surface area contributed by atoms with E-state index < -0.39 is 10.0 Å². The third-order valence-corrected chi connectivity index (χ3v) is 7.90. The molecule has 1 fully saturated rings. The van der Waals surface area contributed by atoms with Gasteiger partial charge in [-0.25, -0.2) is 18.1 Å². The lowest BCUT2D eigenvalue weighted by molar-refractivity contribution is 0.0694. The van der Waals surface area contributed by atoms with Gasteiger partial charge in [-0.15, -0.1) is 0 Å². The SMILES string of the molecule is CNS(=O)(=O)c1cc(-c2sc(N)nc2C)cc2c1C(=O)N(C(C)C1CC1)C2. The van der Waals surface area contributed by atoms with Gasteiger partial charge in [0, 0.05) is 12.6 Å². The first kappa shape index (κ1) is 18.4. The average Bonchev–Trinajstić information content (AvgIpc) is 3.35. The number of fused-ring (bicyclic) bond motifs is 1. The largest absolute Gasteiger partial charge is 0.375 e. The van der Waals surface area contributed by atoms with Crippen LogP contribution in [0.15, 0.2) is 17.0 Å². The Morgan fingerprint density at radius 3 is 2.63 bits per heavy atom. The normalized spacial score (nSPS) is 18.0. The number of aryl methyl sites for hydroxylation is 1. The zero-order valence-electron chi connectivity index (χ0n) is 15.4. The highest BCUT2D eigenvalue weighted by atomic mass is 32.2. The van der Waals surface area contributed by atoms with Crippen LogP contribution in [0.1, 0.15) is 41.4 Å². The molecule has 1 aliphatic carbocycles. The molecule has 1 atom stereocenters. The molecule has 4 rings (SSSR count). The van der Waals surface area contributed by atoms with Crippen molar-refractivity contribution in [3.63, 3.8) is 0 Å². The van der Waals surface area contributed by atoms with Gasteiger partial charge in [-0.3, -0.25) is 4.79 Å². The minimum absolute atomic E-state index is 0.0272. The third kappa shape index (κ3) is 3.03. The van der Waals surface area contributed by atoms with E-state index in [1.54, 1.807) is 11.0 Å². The standard InChI is InChI=1S/C18H22N4O3S2/c1-9-16(26-18(19)21-9)12-6-13-8-22(10(2)11-4-5-11)17(23)15(13)14(7-12)27(24,25)20-3/h6-7,10-11,20H,4-5,8H2,1-3H3,(H2,19,21). The van der Waals surface area contributed by atoms with E-state index in [4.69, 9.17) is 5.73 Å². The van der Waals surface area contributed by atoms with Gasteiger partial charge in [-0.1, -0.05) is 11.3 Å². The van der Waals surface area contributed by atoms with E-state index in [9.17, 15) is 13.2 Å². The molecule has 0 radical (unpaired) electrons. The maximum Gasteiger partial charge on any atom is 0.256 e. The Labute approximate surface area is 162 Å². The Morgan fingerprint density at radius 2 is 2.07 bits per heavy atom. The van der Waals surface area contributed by atoms with Crippen LogP contribution in [-0.4, -0.2) is 37.3 Å². The van der Waals surface area contributed by atoms with Crippen molar-refractivity contribution in [2.45, 2.75) is 44.2 Å². The van der Waals surface area contributed by atoms with E-state index in [-0.39, 0.29) is 22.4 Å². The van der Waals surface area contributed by atoms with Crippen molar-refractivity contribution >= 4 is 32.4 Å². The number of anilines is 1. The van der Waals surface area contributed by atoms with Crippen LogP contribution in [0, 0.1) is 12.8 Å². The van der Waals surface area contributed by atoms with Gasteiger partial charge >= 0.3 is 0 Å². The fourth-order valence-corrected chi connectivity index (χ4v) is 5.55. The summed E-state index contributed by atoms with van der Waals surface area (Å²) in [4.78, 5) is 20.0. The Bertz CT molecular complexity index is 1040. The van der Waals surface area contributed by atoms with E-state index in [2.05, 4.69) is 9.71 Å². The number of nitrogens with two attached hydrogens (primary N) is 1. The molecular weight excluding hydrogens is 384 g/mol. The molecule has 1 aliphatic heterocycles. The smallest absolute Gasteiger partial charge is 0.256 e. The van der Waals surface area contributed by atoms with Gasteiger partial charge in [0.25, 0.3) is 5.91 Å². The summed E-state index contributed by atoms with van der Waals surface area (Å²) in [5.41, 5.74) is 8.32. The number of carbonyl (C=O) groups is 1. The van der Waals surface area contributed by atoms with Crippen LogP contribution in [0.5, 0.6) is 0 Å². The van der Waals surface area contributed by atoms with Crippen molar-refractivity contribution in [1.29, 1.82) is 0 Å². The number of thiazole rings is 1. The van der Waals surface area contributed by atoms with E-state index >= 15 is 0 Å². The summed E-state index contributed by atoms with van der Waals surface area (Å²) in [6.45, 7) is 4.32. The van der Waals surface area contributed by atoms with Gasteiger partial charge in [0.15, 0.2) is 5.13 Å². The Hall–Kier alpha value is -1.97. The van der Waals surface area contributed by atoms with Crippen LogP contribution < -0.4 is 10.5 Å². The monoisotopic (exact) mass is 406 g/mol. The molecular formula is C18H22N4O3S2. The predicted octanol–water partition coefficient (Wildman–Crippen LogP) is 2.36. The summed E-state index contributed by atoms with van der Waals surface area (Å²) in [7, 11) is -2.44. The maximum atomic E-state index is 13.1. The van der Waals surface area contributed by atoms with Gasteiger partial charge in [-0.2, -0.15) is 0 Å². The third-order valence-electron chi connectivity index (χ3n) is 5.43. The number of nitrogens with one attached hydrogen (secondary N) is 1. The molecule has 0 spiro atoms. The first-order chi connectivity index (χ1) is 12.7. The lowest BCUT2D eigenvalue weighted by atomic mass is 10.0. The molecule has 2 aromatic rings. The average molecular weight is 407 g/mol. The number of hydrogen-bond acceptors (Lipinski definition) is 6. The molecule has 2 aliphatic rings. The first-order valence-corrected chi connectivity index (χ1v) is 11.2. The summed E-state index contributed by atoms with van der Waals surface area (Å²) in [5, 5.41) is 0.432. The molecule has 1 saturated carbocycles. The van der Waals surface area contributed by atoms with E-state index in [1.807, 2.05) is 19.9 Å². The van der Waals surface area contributed by atoms with E-state index in [0.717, 1.165) is 34.5 Å². The zero-order valence-corrected chi connectivity index (χ0v) is 17.1. The number of benzene rings is 1. The number of aromatic nitrogens is 1. The van der Waals surface area contributed by atoms with Crippen LogP contribution in [0.3, 0.4) is 0 Å². The predicted molar refractivity (Wildman–Crippen MR) is 105 cm³/mol. The molecule has 1 amide bonds. The fourth-order valence-electron chi connectivity index (χ4n) is 3.74. The van der Waals surface area contributed by atoms with Gasteiger partial charge in [0.05, 0.1) is 21.0 Å². The van der Waals surface area contributed by atoms with Crippen molar-refractivity contribution < 1.29 is 13.2 Å². The fraction of sp³-hybridized carbons (Fsp3) is 0.444. The van der Waals surface area contributed by atoms with Crippen LogP contribution >= 0.6 is 11.3 Å². The van der Waals surface area contributed by atoms with Gasteiger partial charge < -0.3 is 10.6 Å². The number of rotatable bonds is 5. The Balaban J connectivity index is 1.88. The topological polar surface area (TPSA) is 105 Å². The molecule has 0 saturated heterocycles. The highest BCUT2D eigenvalue weighted by Gasteiger charge is 2.41. The number of hydrogen-bond donors (Lipinski definition) is 2. The summed E-state index contributed by atoms with van der Waals surface area (Å²) < 4.78 is 27.7. The van der Waals surface area contributed by atoms with Gasteiger partial charge in [0.1, 0.15) is 0 Å². The molecule has 9 heteroatoms. The van der Waals surface area contributed by atoms with Crippen molar-refractivity contribution in [3.05, 3.63) is 29.0 Å². The summed E-state index contributed by atoms with van der Waals surface area (Å²) in [6, 6.07) is 3.58. The Kier molecular flexibility index (Phi) is 4.28. The molecule has 1 aromatic heterocycles. The van der Waals surface area contributed by atoms with Crippen LogP contribution in [0.4, 0.5) is 5.13 Å². The van der Waals surface area contributed by atoms with Crippen molar-refractivity contribution in [3.8, 4) is 10.4 Å². The molecule has 144 valence electrons. The minimum atomic E-state index is -3.79. The van der Waals surface area contributed by atoms with Crippen LogP contribution in [0.2, 0.25) is 0 Å². The molecule has 3 N–H and O–H groups in total. The van der Waals surface area contributed by atoms with E-state index in [0.29, 0.717) is 17.6 Å².